The van der Waals surface area contributed by atoms with Crippen LogP contribution in [-0.2, 0) is 6.42 Å². The van der Waals surface area contributed by atoms with Crippen LogP contribution in [0.2, 0.25) is 0 Å². The second kappa shape index (κ2) is 5.85. The summed E-state index contributed by atoms with van der Waals surface area (Å²) in [5.74, 6) is 0.335. The van der Waals surface area contributed by atoms with E-state index in [9.17, 15) is 4.79 Å². The summed E-state index contributed by atoms with van der Waals surface area (Å²) in [6.07, 6.45) is 0.908. The molecule has 0 saturated heterocycles. The van der Waals surface area contributed by atoms with Crippen LogP contribution in [0.1, 0.15) is 38.9 Å². The van der Waals surface area contributed by atoms with Crippen LogP contribution < -0.4 is 0 Å². The molecule has 1 aliphatic rings. The molecule has 2 unspecified atom stereocenters. The van der Waals surface area contributed by atoms with Gasteiger partial charge in [-0.2, -0.15) is 0 Å². The van der Waals surface area contributed by atoms with Crippen LogP contribution in [0.15, 0.2) is 84.9 Å². The van der Waals surface area contributed by atoms with Crippen LogP contribution in [0.5, 0.6) is 0 Å². The Morgan fingerprint density at radius 1 is 0.652 bits per heavy atom. The highest BCUT2D eigenvalue weighted by Crippen LogP contribution is 2.42. The highest BCUT2D eigenvalue weighted by atomic mass is 16.1. The van der Waals surface area contributed by atoms with E-state index in [0.29, 0.717) is 0 Å². The van der Waals surface area contributed by atoms with E-state index in [2.05, 4.69) is 42.5 Å². The minimum absolute atomic E-state index is 0.103. The first kappa shape index (κ1) is 14.0. The largest absolute Gasteiger partial charge is 0.293 e. The van der Waals surface area contributed by atoms with E-state index >= 15 is 0 Å². The van der Waals surface area contributed by atoms with Gasteiger partial charge in [0.15, 0.2) is 5.78 Å². The van der Waals surface area contributed by atoms with Crippen molar-refractivity contribution >= 4 is 5.78 Å². The molecule has 3 aromatic rings. The molecule has 0 N–H and O–H groups in total. The standard InChI is InChI=1S/C22H18O/c23-22-19-14-8-7-13-18(19)15-20(16-9-3-1-4-10-16)21(22)17-11-5-2-6-12-17/h1-14,20-21H,15H2. The number of Topliss-reactive ketones (excluding diaryl/α,β-unsaturated/α-hetero) is 1. The van der Waals surface area contributed by atoms with Crippen molar-refractivity contribution in [1.82, 2.24) is 0 Å². The summed E-state index contributed by atoms with van der Waals surface area (Å²) in [5, 5.41) is 0. The topological polar surface area (TPSA) is 17.1 Å². The van der Waals surface area contributed by atoms with Gasteiger partial charge in [0.05, 0.1) is 5.92 Å². The Bertz CT molecular complexity index is 821. The lowest BCUT2D eigenvalue weighted by Gasteiger charge is -2.32. The summed E-state index contributed by atoms with van der Waals surface area (Å²) in [5.41, 5.74) is 4.40. The average Bonchev–Trinajstić information content (AvgIpc) is 2.63. The molecule has 0 bridgehead atoms. The van der Waals surface area contributed by atoms with E-state index in [0.717, 1.165) is 17.5 Å². The van der Waals surface area contributed by atoms with Crippen LogP contribution in [0, 0.1) is 0 Å². The lowest BCUT2D eigenvalue weighted by atomic mass is 9.69. The maximum Gasteiger partial charge on any atom is 0.171 e. The number of benzene rings is 3. The van der Waals surface area contributed by atoms with Crippen molar-refractivity contribution in [3.63, 3.8) is 0 Å². The number of hydrogen-bond donors (Lipinski definition) is 0. The molecule has 1 heteroatoms. The predicted molar refractivity (Wildman–Crippen MR) is 92.8 cm³/mol. The molecule has 1 aliphatic carbocycles. The van der Waals surface area contributed by atoms with Crippen LogP contribution in [0.25, 0.3) is 0 Å². The van der Waals surface area contributed by atoms with Gasteiger partial charge in [-0.15, -0.1) is 0 Å². The third kappa shape index (κ3) is 2.49. The Balaban J connectivity index is 1.87. The number of carbonyl (C=O) groups excluding carboxylic acids is 1. The van der Waals surface area contributed by atoms with E-state index in [-0.39, 0.29) is 17.6 Å². The predicted octanol–water partition coefficient (Wildman–Crippen LogP) is 4.99. The molecule has 0 heterocycles. The molecule has 0 saturated carbocycles. The summed E-state index contributed by atoms with van der Waals surface area (Å²) in [7, 11) is 0. The first-order chi connectivity index (χ1) is 11.3. The summed E-state index contributed by atoms with van der Waals surface area (Å²) >= 11 is 0. The number of carbonyl (C=O) groups is 1. The lowest BCUT2D eigenvalue weighted by Crippen LogP contribution is -2.28. The minimum Gasteiger partial charge on any atom is -0.293 e. The molecular formula is C22H18O. The summed E-state index contributed by atoms with van der Waals surface area (Å²) in [6, 6.07) is 28.7. The Morgan fingerprint density at radius 2 is 1.22 bits per heavy atom. The molecule has 0 radical (unpaired) electrons. The zero-order chi connectivity index (χ0) is 15.6. The lowest BCUT2D eigenvalue weighted by molar-refractivity contribution is 0.0935. The first-order valence-corrected chi connectivity index (χ1v) is 8.06. The van der Waals surface area contributed by atoms with Crippen molar-refractivity contribution in [2.75, 3.05) is 0 Å². The summed E-state index contributed by atoms with van der Waals surface area (Å²) < 4.78 is 0. The van der Waals surface area contributed by atoms with Gasteiger partial charge in [0, 0.05) is 11.5 Å². The molecule has 2 atom stereocenters. The summed E-state index contributed by atoms with van der Waals surface area (Å²) in [4.78, 5) is 13.2. The number of ketones is 1. The molecule has 0 aliphatic heterocycles. The van der Waals surface area contributed by atoms with Gasteiger partial charge < -0.3 is 0 Å². The maximum atomic E-state index is 13.2. The maximum absolute atomic E-state index is 13.2. The quantitative estimate of drug-likeness (QED) is 0.651. The smallest absolute Gasteiger partial charge is 0.171 e. The molecule has 4 rings (SSSR count). The SMILES string of the molecule is O=C1c2ccccc2CC(c2ccccc2)C1c1ccccc1. The molecule has 3 aromatic carbocycles. The van der Waals surface area contributed by atoms with Crippen LogP contribution >= 0.6 is 0 Å². The Labute approximate surface area is 136 Å². The Kier molecular flexibility index (Phi) is 3.55. The monoisotopic (exact) mass is 298 g/mol. The third-order valence-electron chi connectivity index (χ3n) is 4.79. The van der Waals surface area contributed by atoms with Gasteiger partial charge in [0.1, 0.15) is 0 Å². The second-order valence-corrected chi connectivity index (χ2v) is 6.13. The number of rotatable bonds is 2. The molecule has 0 aromatic heterocycles. The third-order valence-corrected chi connectivity index (χ3v) is 4.79. The normalized spacial score (nSPS) is 20.1. The van der Waals surface area contributed by atoms with Crippen LogP contribution in [-0.4, -0.2) is 5.78 Å². The van der Waals surface area contributed by atoms with Crippen molar-refractivity contribution in [2.45, 2.75) is 18.3 Å². The Morgan fingerprint density at radius 3 is 1.91 bits per heavy atom. The fourth-order valence-electron chi connectivity index (χ4n) is 3.70. The molecule has 0 fully saturated rings. The van der Waals surface area contributed by atoms with E-state index < -0.39 is 0 Å². The molecule has 112 valence electrons. The van der Waals surface area contributed by atoms with Crippen LogP contribution in [0.3, 0.4) is 0 Å². The highest BCUT2D eigenvalue weighted by molar-refractivity contribution is 6.04. The molecule has 0 amide bonds. The van der Waals surface area contributed by atoms with Crippen molar-refractivity contribution in [2.24, 2.45) is 0 Å². The van der Waals surface area contributed by atoms with Gasteiger partial charge in [-0.3, -0.25) is 4.79 Å². The molecule has 1 nitrogen and oxygen atoms in total. The van der Waals surface area contributed by atoms with E-state index in [1.165, 1.54) is 11.1 Å². The fraction of sp³-hybridized carbons (Fsp3) is 0.136. The highest BCUT2D eigenvalue weighted by Gasteiger charge is 2.36. The number of hydrogen-bond acceptors (Lipinski definition) is 1. The molecular weight excluding hydrogens is 280 g/mol. The van der Waals surface area contributed by atoms with Gasteiger partial charge in [0.25, 0.3) is 0 Å². The first-order valence-electron chi connectivity index (χ1n) is 8.06. The van der Waals surface area contributed by atoms with Gasteiger partial charge in [0.2, 0.25) is 0 Å². The van der Waals surface area contributed by atoms with Crippen molar-refractivity contribution in [3.8, 4) is 0 Å². The van der Waals surface area contributed by atoms with Gasteiger partial charge in [-0.05, 0) is 23.1 Å². The van der Waals surface area contributed by atoms with Gasteiger partial charge in [-0.1, -0.05) is 84.9 Å². The average molecular weight is 298 g/mol. The zero-order valence-corrected chi connectivity index (χ0v) is 12.9. The van der Waals surface area contributed by atoms with Gasteiger partial charge >= 0.3 is 0 Å². The van der Waals surface area contributed by atoms with E-state index in [4.69, 9.17) is 0 Å². The number of fused-ring (bicyclic) bond motifs is 1. The minimum atomic E-state index is -0.103. The van der Waals surface area contributed by atoms with Gasteiger partial charge in [-0.25, -0.2) is 0 Å². The van der Waals surface area contributed by atoms with E-state index in [1.807, 2.05) is 42.5 Å². The molecule has 23 heavy (non-hydrogen) atoms. The zero-order valence-electron chi connectivity index (χ0n) is 12.9. The van der Waals surface area contributed by atoms with E-state index in [1.54, 1.807) is 0 Å². The van der Waals surface area contributed by atoms with Crippen molar-refractivity contribution < 1.29 is 4.79 Å². The Hall–Kier alpha value is -2.67. The summed E-state index contributed by atoms with van der Waals surface area (Å²) in [6.45, 7) is 0. The fourth-order valence-corrected chi connectivity index (χ4v) is 3.70. The van der Waals surface area contributed by atoms with Crippen molar-refractivity contribution in [3.05, 3.63) is 107 Å². The van der Waals surface area contributed by atoms with Crippen molar-refractivity contribution in [1.29, 1.82) is 0 Å². The van der Waals surface area contributed by atoms with Crippen LogP contribution in [0.4, 0.5) is 0 Å². The molecule has 0 spiro atoms. The second-order valence-electron chi connectivity index (χ2n) is 6.13.